The standard InChI is InChI=1S/C26H27ClN2O2/c27-25-9-5-4-8-22(25)18-29-16-14-21(15-17-29)26(30)28-23-10-12-24(13-11-23)31-19-20-6-2-1-3-7-20/h1-13,21H,14-19H2,(H,28,30). The molecule has 0 aliphatic carbocycles. The van der Waals surface area contributed by atoms with E-state index in [0.29, 0.717) is 6.61 Å². The third kappa shape index (κ3) is 6.09. The van der Waals surface area contributed by atoms with Crippen molar-refractivity contribution in [2.24, 2.45) is 5.92 Å². The zero-order valence-corrected chi connectivity index (χ0v) is 18.2. The maximum atomic E-state index is 12.7. The smallest absolute Gasteiger partial charge is 0.227 e. The number of halogens is 1. The van der Waals surface area contributed by atoms with Crippen molar-refractivity contribution >= 4 is 23.2 Å². The lowest BCUT2D eigenvalue weighted by Crippen LogP contribution is -2.37. The summed E-state index contributed by atoms with van der Waals surface area (Å²) in [6, 6.07) is 25.6. The van der Waals surface area contributed by atoms with E-state index in [0.717, 1.165) is 60.1 Å². The van der Waals surface area contributed by atoms with Gasteiger partial charge in [0, 0.05) is 23.2 Å². The first-order valence-electron chi connectivity index (χ1n) is 10.7. The number of nitrogens with one attached hydrogen (secondary N) is 1. The van der Waals surface area contributed by atoms with Crippen LogP contribution in [0, 0.1) is 5.92 Å². The predicted molar refractivity (Wildman–Crippen MR) is 125 cm³/mol. The molecule has 31 heavy (non-hydrogen) atoms. The van der Waals surface area contributed by atoms with E-state index in [1.54, 1.807) is 0 Å². The molecule has 1 N–H and O–H groups in total. The number of hydrogen-bond acceptors (Lipinski definition) is 3. The molecule has 0 bridgehead atoms. The second kappa shape index (κ2) is 10.5. The number of amides is 1. The molecule has 5 heteroatoms. The molecule has 1 heterocycles. The van der Waals surface area contributed by atoms with Crippen molar-refractivity contribution in [2.45, 2.75) is 26.0 Å². The lowest BCUT2D eigenvalue weighted by atomic mass is 9.95. The van der Waals surface area contributed by atoms with Crippen molar-refractivity contribution in [3.8, 4) is 5.75 Å². The third-order valence-electron chi connectivity index (χ3n) is 5.68. The van der Waals surface area contributed by atoms with Crippen LogP contribution in [0.15, 0.2) is 78.9 Å². The maximum absolute atomic E-state index is 12.7. The van der Waals surface area contributed by atoms with Crippen molar-refractivity contribution in [3.63, 3.8) is 0 Å². The Kier molecular flexibility index (Phi) is 7.23. The first kappa shape index (κ1) is 21.4. The summed E-state index contributed by atoms with van der Waals surface area (Å²) < 4.78 is 5.81. The van der Waals surface area contributed by atoms with Crippen LogP contribution < -0.4 is 10.1 Å². The molecule has 1 aliphatic rings. The van der Waals surface area contributed by atoms with Gasteiger partial charge in [-0.3, -0.25) is 9.69 Å². The van der Waals surface area contributed by atoms with Crippen LogP contribution in [0.4, 0.5) is 5.69 Å². The van der Waals surface area contributed by atoms with Crippen molar-refractivity contribution in [1.82, 2.24) is 4.90 Å². The largest absolute Gasteiger partial charge is 0.489 e. The van der Waals surface area contributed by atoms with Crippen LogP contribution >= 0.6 is 11.6 Å². The summed E-state index contributed by atoms with van der Waals surface area (Å²) in [4.78, 5) is 15.1. The van der Waals surface area contributed by atoms with Gasteiger partial charge >= 0.3 is 0 Å². The van der Waals surface area contributed by atoms with Gasteiger partial charge in [-0.25, -0.2) is 0 Å². The summed E-state index contributed by atoms with van der Waals surface area (Å²) in [5.74, 6) is 0.918. The maximum Gasteiger partial charge on any atom is 0.227 e. The topological polar surface area (TPSA) is 41.6 Å². The number of rotatable bonds is 7. The van der Waals surface area contributed by atoms with Crippen LogP contribution in [-0.4, -0.2) is 23.9 Å². The van der Waals surface area contributed by atoms with Crippen molar-refractivity contribution < 1.29 is 9.53 Å². The summed E-state index contributed by atoms with van der Waals surface area (Å²) >= 11 is 6.28. The molecule has 3 aromatic rings. The number of anilines is 1. The van der Waals surface area contributed by atoms with Crippen LogP contribution in [0.1, 0.15) is 24.0 Å². The van der Waals surface area contributed by atoms with Crippen molar-refractivity contribution in [2.75, 3.05) is 18.4 Å². The molecule has 4 nitrogen and oxygen atoms in total. The Morgan fingerprint density at radius 2 is 1.61 bits per heavy atom. The minimum atomic E-state index is 0.0384. The van der Waals surface area contributed by atoms with Crippen molar-refractivity contribution in [3.05, 3.63) is 95.0 Å². The summed E-state index contributed by atoms with van der Waals surface area (Å²) in [6.45, 7) is 3.16. The predicted octanol–water partition coefficient (Wildman–Crippen LogP) is 5.77. The highest BCUT2D eigenvalue weighted by molar-refractivity contribution is 6.31. The fourth-order valence-electron chi connectivity index (χ4n) is 3.84. The van der Waals surface area contributed by atoms with Gasteiger partial charge in [0.1, 0.15) is 12.4 Å². The van der Waals surface area contributed by atoms with E-state index >= 15 is 0 Å². The lowest BCUT2D eigenvalue weighted by Gasteiger charge is -2.31. The van der Waals surface area contributed by atoms with E-state index in [-0.39, 0.29) is 11.8 Å². The molecule has 0 unspecified atom stereocenters. The first-order valence-corrected chi connectivity index (χ1v) is 11.1. The molecule has 1 aliphatic heterocycles. The molecule has 0 radical (unpaired) electrons. The molecule has 1 saturated heterocycles. The molecule has 3 aromatic carbocycles. The average Bonchev–Trinajstić information content (AvgIpc) is 2.81. The van der Waals surface area contributed by atoms with Gasteiger partial charge in [-0.2, -0.15) is 0 Å². The van der Waals surface area contributed by atoms with Crippen LogP contribution in [0.25, 0.3) is 0 Å². The van der Waals surface area contributed by atoms with E-state index in [1.165, 1.54) is 0 Å². The van der Waals surface area contributed by atoms with Gasteiger partial charge in [0.2, 0.25) is 5.91 Å². The molecule has 1 fully saturated rings. The fourth-order valence-corrected chi connectivity index (χ4v) is 4.04. The molecular weight excluding hydrogens is 408 g/mol. The SMILES string of the molecule is O=C(Nc1ccc(OCc2ccccc2)cc1)C1CCN(Cc2ccccc2Cl)CC1. The van der Waals surface area contributed by atoms with E-state index in [2.05, 4.69) is 16.3 Å². The minimum Gasteiger partial charge on any atom is -0.489 e. The Hall–Kier alpha value is -2.82. The fraction of sp³-hybridized carbons (Fsp3) is 0.269. The van der Waals surface area contributed by atoms with Gasteiger partial charge in [-0.1, -0.05) is 60.1 Å². The second-order valence-electron chi connectivity index (χ2n) is 7.93. The lowest BCUT2D eigenvalue weighted by molar-refractivity contribution is -0.121. The number of nitrogens with zero attached hydrogens (tertiary/aromatic N) is 1. The molecule has 0 aromatic heterocycles. The van der Waals surface area contributed by atoms with E-state index in [1.807, 2.05) is 72.8 Å². The molecule has 1 amide bonds. The highest BCUT2D eigenvalue weighted by Crippen LogP contribution is 2.24. The third-order valence-corrected chi connectivity index (χ3v) is 6.05. The number of carbonyl (C=O) groups excluding carboxylic acids is 1. The average molecular weight is 435 g/mol. The number of piperidine rings is 1. The summed E-state index contributed by atoms with van der Waals surface area (Å²) in [5.41, 5.74) is 3.07. The van der Waals surface area contributed by atoms with Gasteiger partial charge in [0.25, 0.3) is 0 Å². The number of benzene rings is 3. The van der Waals surface area contributed by atoms with Gasteiger partial charge < -0.3 is 10.1 Å². The number of hydrogen-bond donors (Lipinski definition) is 1. The first-order chi connectivity index (χ1) is 15.2. The highest BCUT2D eigenvalue weighted by Gasteiger charge is 2.25. The Bertz CT molecular complexity index is 984. The van der Waals surface area contributed by atoms with Crippen molar-refractivity contribution in [1.29, 1.82) is 0 Å². The quantitative estimate of drug-likeness (QED) is 0.513. The zero-order valence-electron chi connectivity index (χ0n) is 17.5. The number of carbonyl (C=O) groups is 1. The van der Waals surface area contributed by atoms with Crippen LogP contribution in [-0.2, 0) is 17.9 Å². The molecular formula is C26H27ClN2O2. The van der Waals surface area contributed by atoms with Gasteiger partial charge in [0.15, 0.2) is 0 Å². The van der Waals surface area contributed by atoms with E-state index < -0.39 is 0 Å². The number of likely N-dealkylation sites (tertiary alicyclic amines) is 1. The monoisotopic (exact) mass is 434 g/mol. The Morgan fingerprint density at radius 3 is 2.32 bits per heavy atom. The van der Waals surface area contributed by atoms with Gasteiger partial charge in [-0.15, -0.1) is 0 Å². The highest BCUT2D eigenvalue weighted by atomic mass is 35.5. The summed E-state index contributed by atoms with van der Waals surface area (Å²) in [5, 5.41) is 3.86. The van der Waals surface area contributed by atoms with Crippen LogP contribution in [0.3, 0.4) is 0 Å². The van der Waals surface area contributed by atoms with E-state index in [9.17, 15) is 4.79 Å². The van der Waals surface area contributed by atoms with Gasteiger partial charge in [-0.05, 0) is 67.4 Å². The Labute approximate surface area is 188 Å². The molecule has 0 spiro atoms. The molecule has 4 rings (SSSR count). The van der Waals surface area contributed by atoms with Crippen LogP contribution in [0.5, 0.6) is 5.75 Å². The second-order valence-corrected chi connectivity index (χ2v) is 8.34. The summed E-state index contributed by atoms with van der Waals surface area (Å²) in [6.07, 6.45) is 1.71. The number of ether oxygens (including phenoxy) is 1. The Balaban J connectivity index is 1.23. The van der Waals surface area contributed by atoms with E-state index in [4.69, 9.17) is 16.3 Å². The molecule has 0 atom stereocenters. The minimum absolute atomic E-state index is 0.0384. The summed E-state index contributed by atoms with van der Waals surface area (Å²) in [7, 11) is 0. The zero-order chi connectivity index (χ0) is 21.5. The van der Waals surface area contributed by atoms with Gasteiger partial charge in [0.05, 0.1) is 0 Å². The molecule has 0 saturated carbocycles. The normalized spacial score (nSPS) is 14.9. The Morgan fingerprint density at radius 1 is 0.935 bits per heavy atom. The molecule has 160 valence electrons. The van der Waals surface area contributed by atoms with Crippen LogP contribution in [0.2, 0.25) is 5.02 Å².